The second-order valence-electron chi connectivity index (χ2n) is 6.79. The molecule has 2 aromatic rings. The summed E-state index contributed by atoms with van der Waals surface area (Å²) in [6.45, 7) is 3.04. The molecule has 1 atom stereocenters. The van der Waals surface area contributed by atoms with Crippen LogP contribution in [0.2, 0.25) is 0 Å². The van der Waals surface area contributed by atoms with Gasteiger partial charge in [-0.25, -0.2) is 0 Å². The van der Waals surface area contributed by atoms with Gasteiger partial charge in [0.15, 0.2) is 11.5 Å². The summed E-state index contributed by atoms with van der Waals surface area (Å²) in [7, 11) is 1.51. The fraction of sp³-hybridized carbons (Fsp3) is 0.333. The number of aryl methyl sites for hydroxylation is 1. The lowest BCUT2D eigenvalue weighted by molar-refractivity contribution is -0.140. The monoisotopic (exact) mass is 399 g/mol. The molecule has 0 spiro atoms. The van der Waals surface area contributed by atoms with Crippen LogP contribution in [0.4, 0.5) is 0 Å². The zero-order chi connectivity index (χ0) is 20.5. The van der Waals surface area contributed by atoms with E-state index in [9.17, 15) is 14.7 Å². The summed E-state index contributed by atoms with van der Waals surface area (Å²) >= 11 is 0. The number of amides is 1. The second kappa shape index (κ2) is 7.63. The molecular formula is C21H21NO7. The zero-order valence-electron chi connectivity index (χ0n) is 16.1. The highest BCUT2D eigenvalue weighted by Crippen LogP contribution is 2.41. The van der Waals surface area contributed by atoms with E-state index in [4.69, 9.17) is 18.6 Å². The van der Waals surface area contributed by atoms with E-state index >= 15 is 0 Å². The minimum absolute atomic E-state index is 0.0304. The molecule has 1 fully saturated rings. The van der Waals surface area contributed by atoms with Crippen LogP contribution < -0.4 is 9.47 Å². The van der Waals surface area contributed by atoms with Crippen LogP contribution in [-0.4, -0.2) is 55.2 Å². The lowest BCUT2D eigenvalue weighted by Crippen LogP contribution is -2.32. The number of fused-ring (bicyclic) bond motifs is 1. The molecule has 8 heteroatoms. The summed E-state index contributed by atoms with van der Waals surface area (Å²) in [4.78, 5) is 26.9. The van der Waals surface area contributed by atoms with Crippen molar-refractivity contribution in [1.82, 2.24) is 4.90 Å². The van der Waals surface area contributed by atoms with E-state index in [1.807, 2.05) is 0 Å². The van der Waals surface area contributed by atoms with E-state index in [0.717, 1.165) is 0 Å². The van der Waals surface area contributed by atoms with Crippen LogP contribution in [0, 0.1) is 6.92 Å². The van der Waals surface area contributed by atoms with E-state index in [2.05, 4.69) is 0 Å². The van der Waals surface area contributed by atoms with Gasteiger partial charge >= 0.3 is 0 Å². The minimum Gasteiger partial charge on any atom is -0.507 e. The quantitative estimate of drug-likeness (QED) is 0.468. The minimum atomic E-state index is -0.841. The molecule has 0 saturated carbocycles. The molecule has 152 valence electrons. The van der Waals surface area contributed by atoms with Crippen molar-refractivity contribution in [3.63, 3.8) is 0 Å². The molecule has 2 aliphatic heterocycles. The Balaban J connectivity index is 1.82. The molecule has 29 heavy (non-hydrogen) atoms. The molecule has 0 radical (unpaired) electrons. The number of rotatable bonds is 5. The summed E-state index contributed by atoms with van der Waals surface area (Å²) in [6, 6.07) is 7.48. The lowest BCUT2D eigenvalue weighted by atomic mass is 9.99. The van der Waals surface area contributed by atoms with Crippen LogP contribution >= 0.6 is 0 Å². The third kappa shape index (κ3) is 3.36. The standard InChI is InChI=1S/C21H21NO7/c1-12-3-5-15(29-12)18-17(20(24)21(25)22(18)7-8-26-2)19(23)13-4-6-14-16(11-13)28-10-9-27-14/h3-6,11,18,23H,7-10H2,1-2H3/b19-17+/t18-/m0/s1. The number of benzene rings is 1. The van der Waals surface area contributed by atoms with Gasteiger partial charge in [0.2, 0.25) is 0 Å². The van der Waals surface area contributed by atoms with Crippen LogP contribution in [0.25, 0.3) is 5.76 Å². The van der Waals surface area contributed by atoms with Gasteiger partial charge in [-0.3, -0.25) is 9.59 Å². The maximum Gasteiger partial charge on any atom is 0.295 e. The average molecular weight is 399 g/mol. The van der Waals surface area contributed by atoms with Crippen molar-refractivity contribution < 1.29 is 33.3 Å². The molecule has 0 aliphatic carbocycles. The predicted octanol–water partition coefficient (Wildman–Crippen LogP) is 2.43. The van der Waals surface area contributed by atoms with Gasteiger partial charge < -0.3 is 28.6 Å². The largest absolute Gasteiger partial charge is 0.507 e. The van der Waals surface area contributed by atoms with Crippen LogP contribution in [0.3, 0.4) is 0 Å². The van der Waals surface area contributed by atoms with Crippen molar-refractivity contribution in [1.29, 1.82) is 0 Å². The van der Waals surface area contributed by atoms with Gasteiger partial charge in [0.25, 0.3) is 11.7 Å². The Morgan fingerprint density at radius 3 is 2.62 bits per heavy atom. The Kier molecular flexibility index (Phi) is 5.02. The van der Waals surface area contributed by atoms with E-state index in [0.29, 0.717) is 41.8 Å². The Labute approximate surface area is 167 Å². The first kappa shape index (κ1) is 19.1. The number of methoxy groups -OCH3 is 1. The van der Waals surface area contributed by atoms with Crippen molar-refractivity contribution in [3.05, 3.63) is 53.0 Å². The number of likely N-dealkylation sites (tertiary alicyclic amines) is 1. The summed E-state index contributed by atoms with van der Waals surface area (Å²) in [5.41, 5.74) is 0.324. The van der Waals surface area contributed by atoms with E-state index in [1.165, 1.54) is 12.0 Å². The summed E-state index contributed by atoms with van der Waals surface area (Å²) in [5.74, 6) is 0.298. The normalized spacial score (nSPS) is 20.3. The van der Waals surface area contributed by atoms with Crippen LogP contribution in [-0.2, 0) is 14.3 Å². The number of nitrogens with zero attached hydrogens (tertiary/aromatic N) is 1. The lowest BCUT2D eigenvalue weighted by Gasteiger charge is -2.23. The summed E-state index contributed by atoms with van der Waals surface area (Å²) in [6.07, 6.45) is 0. The van der Waals surface area contributed by atoms with Crippen LogP contribution in [0.5, 0.6) is 11.5 Å². The molecule has 1 saturated heterocycles. The van der Waals surface area contributed by atoms with Crippen LogP contribution in [0.15, 0.2) is 40.3 Å². The Hall–Kier alpha value is -3.26. The fourth-order valence-electron chi connectivity index (χ4n) is 3.54. The number of ether oxygens (including phenoxy) is 3. The number of Topliss-reactive ketones (excluding diaryl/α,β-unsaturated/α-hetero) is 1. The molecule has 0 bridgehead atoms. The molecule has 3 heterocycles. The van der Waals surface area contributed by atoms with Gasteiger partial charge in [0.05, 0.1) is 12.2 Å². The van der Waals surface area contributed by atoms with Gasteiger partial charge in [0.1, 0.15) is 36.5 Å². The highest BCUT2D eigenvalue weighted by atomic mass is 16.6. The van der Waals surface area contributed by atoms with Gasteiger partial charge in [-0.15, -0.1) is 0 Å². The van der Waals surface area contributed by atoms with Gasteiger partial charge in [-0.2, -0.15) is 0 Å². The SMILES string of the molecule is COCCN1C(=O)C(=O)/C(=C(/O)c2ccc3c(c2)OCCO3)[C@@H]1c1ccc(C)o1. The molecule has 1 N–H and O–H groups in total. The third-order valence-corrected chi connectivity index (χ3v) is 4.92. The summed E-state index contributed by atoms with van der Waals surface area (Å²) < 4.78 is 21.8. The molecule has 8 nitrogen and oxygen atoms in total. The Bertz CT molecular complexity index is 991. The molecule has 1 aromatic carbocycles. The topological polar surface area (TPSA) is 98.4 Å². The van der Waals surface area contributed by atoms with Crippen molar-refractivity contribution >= 4 is 17.4 Å². The maximum absolute atomic E-state index is 12.8. The number of carbonyl (C=O) groups is 2. The number of aliphatic hydroxyl groups excluding tert-OH is 1. The Morgan fingerprint density at radius 2 is 1.93 bits per heavy atom. The highest BCUT2D eigenvalue weighted by molar-refractivity contribution is 6.46. The first-order chi connectivity index (χ1) is 14.0. The fourth-order valence-corrected chi connectivity index (χ4v) is 3.54. The van der Waals surface area contributed by atoms with Crippen molar-refractivity contribution in [2.75, 3.05) is 33.5 Å². The molecular weight excluding hydrogens is 378 g/mol. The van der Waals surface area contributed by atoms with Gasteiger partial charge in [-0.1, -0.05) is 0 Å². The number of carbonyl (C=O) groups excluding carboxylic acids is 2. The third-order valence-electron chi connectivity index (χ3n) is 4.92. The number of hydrogen-bond donors (Lipinski definition) is 1. The smallest absolute Gasteiger partial charge is 0.295 e. The van der Waals surface area contributed by atoms with Crippen molar-refractivity contribution in [2.24, 2.45) is 0 Å². The average Bonchev–Trinajstić information content (AvgIpc) is 3.27. The predicted molar refractivity (Wildman–Crippen MR) is 102 cm³/mol. The first-order valence-corrected chi connectivity index (χ1v) is 9.25. The number of ketones is 1. The van der Waals surface area contributed by atoms with Crippen molar-refractivity contribution in [2.45, 2.75) is 13.0 Å². The zero-order valence-corrected chi connectivity index (χ0v) is 16.1. The molecule has 1 aromatic heterocycles. The molecule has 4 rings (SSSR count). The summed E-state index contributed by atoms with van der Waals surface area (Å²) in [5, 5.41) is 11.0. The van der Waals surface area contributed by atoms with Crippen LogP contribution in [0.1, 0.15) is 23.1 Å². The first-order valence-electron chi connectivity index (χ1n) is 9.25. The van der Waals surface area contributed by atoms with E-state index in [-0.39, 0.29) is 24.5 Å². The van der Waals surface area contributed by atoms with Gasteiger partial charge in [-0.05, 0) is 37.3 Å². The number of furan rings is 1. The number of hydrogen-bond acceptors (Lipinski definition) is 7. The number of aliphatic hydroxyl groups is 1. The molecule has 2 aliphatic rings. The van der Waals surface area contributed by atoms with E-state index in [1.54, 1.807) is 37.3 Å². The van der Waals surface area contributed by atoms with Gasteiger partial charge in [0, 0.05) is 19.2 Å². The Morgan fingerprint density at radius 1 is 1.17 bits per heavy atom. The highest BCUT2D eigenvalue weighted by Gasteiger charge is 2.47. The maximum atomic E-state index is 12.8. The van der Waals surface area contributed by atoms with E-state index < -0.39 is 17.7 Å². The van der Waals surface area contributed by atoms with Crippen molar-refractivity contribution in [3.8, 4) is 11.5 Å². The molecule has 1 amide bonds. The second-order valence-corrected chi connectivity index (χ2v) is 6.79. The molecule has 0 unspecified atom stereocenters.